The molecule has 0 aromatic carbocycles. The molecule has 0 unspecified atom stereocenters. The van der Waals surface area contributed by atoms with E-state index in [9.17, 15) is 4.79 Å². The predicted molar refractivity (Wildman–Crippen MR) is 34.3 cm³/mol. The number of aromatic nitrogens is 1. The van der Waals surface area contributed by atoms with Gasteiger partial charge in [-0.15, -0.1) is 0 Å². The van der Waals surface area contributed by atoms with E-state index in [1.165, 1.54) is 11.3 Å². The fourth-order valence-electron chi connectivity index (χ4n) is 0.438. The molecule has 0 bridgehead atoms. The van der Waals surface area contributed by atoms with Gasteiger partial charge in [0, 0.05) is 18.1 Å². The zero-order valence-electron chi connectivity index (χ0n) is 4.84. The van der Waals surface area contributed by atoms with Gasteiger partial charge in [-0.25, -0.2) is 0 Å². The number of hydrogen-bond donors (Lipinski definition) is 0. The topological polar surface area (TPSA) is 22.0 Å². The lowest BCUT2D eigenvalue weighted by Crippen LogP contribution is -2.08. The van der Waals surface area contributed by atoms with Crippen LogP contribution in [0.1, 0.15) is 5.69 Å². The minimum atomic E-state index is 0.113. The molecule has 1 rings (SSSR count). The summed E-state index contributed by atoms with van der Waals surface area (Å²) >= 11 is 1.24. The number of rotatable bonds is 0. The first-order chi connectivity index (χ1) is 3.72. The van der Waals surface area contributed by atoms with Crippen molar-refractivity contribution in [3.63, 3.8) is 0 Å². The predicted octanol–water partition coefficient (Wildman–Crippen LogP) is 0.755. The van der Waals surface area contributed by atoms with Crippen LogP contribution in [-0.4, -0.2) is 4.57 Å². The molecule has 0 N–H and O–H groups in total. The summed E-state index contributed by atoms with van der Waals surface area (Å²) in [6.07, 6.45) is 0. The Kier molecular flexibility index (Phi) is 1.21. The van der Waals surface area contributed by atoms with Gasteiger partial charge in [-0.1, -0.05) is 11.3 Å². The quantitative estimate of drug-likeness (QED) is 0.506. The van der Waals surface area contributed by atoms with Gasteiger partial charge in [0.25, 0.3) is 0 Å². The van der Waals surface area contributed by atoms with Crippen LogP contribution in [-0.2, 0) is 7.05 Å². The molecule has 0 aliphatic heterocycles. The maximum absolute atomic E-state index is 10.6. The largest absolute Gasteiger partial charge is 0.307 e. The summed E-state index contributed by atoms with van der Waals surface area (Å²) < 4.78 is 1.63. The monoisotopic (exact) mass is 129 g/mol. The molecule has 0 radical (unpaired) electrons. The van der Waals surface area contributed by atoms with Gasteiger partial charge in [-0.2, -0.15) is 0 Å². The fourth-order valence-corrected chi connectivity index (χ4v) is 1.17. The molecule has 0 amide bonds. The van der Waals surface area contributed by atoms with Crippen molar-refractivity contribution < 1.29 is 0 Å². The average Bonchev–Trinajstić information content (AvgIpc) is 1.98. The van der Waals surface area contributed by atoms with E-state index >= 15 is 0 Å². The van der Waals surface area contributed by atoms with Crippen LogP contribution in [0.4, 0.5) is 0 Å². The molecule has 0 aliphatic rings. The summed E-state index contributed by atoms with van der Waals surface area (Å²) in [5.74, 6) is 0. The van der Waals surface area contributed by atoms with Crippen molar-refractivity contribution in [2.24, 2.45) is 7.05 Å². The summed E-state index contributed by atoms with van der Waals surface area (Å²) in [4.78, 5) is 10.7. The normalized spacial score (nSPS) is 9.75. The Bertz CT molecular complexity index is 235. The second-order valence-electron chi connectivity index (χ2n) is 1.70. The van der Waals surface area contributed by atoms with Crippen LogP contribution >= 0.6 is 11.3 Å². The third kappa shape index (κ3) is 0.690. The fraction of sp³-hybridized carbons (Fsp3) is 0.400. The van der Waals surface area contributed by atoms with Crippen molar-refractivity contribution >= 4 is 11.3 Å². The number of aryl methyl sites for hydroxylation is 1. The summed E-state index contributed by atoms with van der Waals surface area (Å²) in [5, 5.41) is 1.85. The average molecular weight is 129 g/mol. The summed E-state index contributed by atoms with van der Waals surface area (Å²) in [7, 11) is 1.77. The highest BCUT2D eigenvalue weighted by atomic mass is 32.1. The number of nitrogens with zero attached hydrogens (tertiary/aromatic N) is 1. The second kappa shape index (κ2) is 1.74. The first kappa shape index (κ1) is 5.56. The third-order valence-electron chi connectivity index (χ3n) is 1.13. The minimum absolute atomic E-state index is 0.113. The van der Waals surface area contributed by atoms with Crippen molar-refractivity contribution in [1.82, 2.24) is 4.57 Å². The Morgan fingerprint density at radius 2 is 2.38 bits per heavy atom. The lowest BCUT2D eigenvalue weighted by molar-refractivity contribution is 0.854. The molecule has 1 heterocycles. The van der Waals surface area contributed by atoms with E-state index in [-0.39, 0.29) is 4.87 Å². The highest BCUT2D eigenvalue weighted by Gasteiger charge is 1.92. The standard InChI is InChI=1S/C5H7NOS/c1-4-3-8-5(7)6(4)2/h3H,1-2H3. The minimum Gasteiger partial charge on any atom is -0.306 e. The second-order valence-corrected chi connectivity index (χ2v) is 2.52. The van der Waals surface area contributed by atoms with E-state index < -0.39 is 0 Å². The van der Waals surface area contributed by atoms with Gasteiger partial charge in [0.05, 0.1) is 0 Å². The maximum atomic E-state index is 10.6. The van der Waals surface area contributed by atoms with Gasteiger partial charge < -0.3 is 4.57 Å². The Balaban J connectivity index is 3.41. The van der Waals surface area contributed by atoms with Crippen LogP contribution in [0.15, 0.2) is 10.2 Å². The van der Waals surface area contributed by atoms with E-state index in [1.54, 1.807) is 11.6 Å². The van der Waals surface area contributed by atoms with Crippen molar-refractivity contribution in [2.75, 3.05) is 0 Å². The summed E-state index contributed by atoms with van der Waals surface area (Å²) in [5.41, 5.74) is 1.03. The van der Waals surface area contributed by atoms with Crippen molar-refractivity contribution in [1.29, 1.82) is 0 Å². The molecule has 0 aliphatic carbocycles. The molecular formula is C5H7NOS. The molecule has 0 spiro atoms. The summed E-state index contributed by atoms with van der Waals surface area (Å²) in [6, 6.07) is 0. The Morgan fingerprint density at radius 3 is 2.50 bits per heavy atom. The lowest BCUT2D eigenvalue weighted by Gasteiger charge is -1.87. The zero-order chi connectivity index (χ0) is 6.15. The van der Waals surface area contributed by atoms with Gasteiger partial charge in [-0.3, -0.25) is 4.79 Å². The lowest BCUT2D eigenvalue weighted by atomic mass is 10.6. The van der Waals surface area contributed by atoms with Crippen LogP contribution in [0.2, 0.25) is 0 Å². The van der Waals surface area contributed by atoms with Crippen molar-refractivity contribution in [3.05, 3.63) is 20.7 Å². The van der Waals surface area contributed by atoms with Crippen molar-refractivity contribution in [2.45, 2.75) is 6.92 Å². The molecule has 2 nitrogen and oxygen atoms in total. The van der Waals surface area contributed by atoms with Crippen LogP contribution in [0.3, 0.4) is 0 Å². The summed E-state index contributed by atoms with van der Waals surface area (Å²) in [6.45, 7) is 1.91. The molecule has 0 saturated heterocycles. The molecule has 1 aromatic rings. The van der Waals surface area contributed by atoms with E-state index in [1.807, 2.05) is 12.3 Å². The van der Waals surface area contributed by atoms with Gasteiger partial charge in [0.15, 0.2) is 0 Å². The van der Waals surface area contributed by atoms with Gasteiger partial charge in [-0.05, 0) is 6.92 Å². The van der Waals surface area contributed by atoms with Crippen LogP contribution in [0, 0.1) is 6.92 Å². The van der Waals surface area contributed by atoms with Gasteiger partial charge in [0.1, 0.15) is 0 Å². The van der Waals surface area contributed by atoms with Crippen LogP contribution in [0.25, 0.3) is 0 Å². The highest BCUT2D eigenvalue weighted by molar-refractivity contribution is 7.07. The molecule has 44 valence electrons. The van der Waals surface area contributed by atoms with Gasteiger partial charge >= 0.3 is 4.87 Å². The Hall–Kier alpha value is -0.570. The Morgan fingerprint density at radius 1 is 1.75 bits per heavy atom. The molecule has 0 saturated carbocycles. The van der Waals surface area contributed by atoms with E-state index in [0.717, 1.165) is 5.69 Å². The van der Waals surface area contributed by atoms with E-state index in [4.69, 9.17) is 0 Å². The highest BCUT2D eigenvalue weighted by Crippen LogP contribution is 1.94. The molecular weight excluding hydrogens is 122 g/mol. The molecule has 0 atom stereocenters. The van der Waals surface area contributed by atoms with Crippen LogP contribution in [0.5, 0.6) is 0 Å². The number of thiazole rings is 1. The Labute approximate surface area is 51.4 Å². The van der Waals surface area contributed by atoms with Crippen LogP contribution < -0.4 is 4.87 Å². The molecule has 8 heavy (non-hydrogen) atoms. The van der Waals surface area contributed by atoms with E-state index in [2.05, 4.69) is 0 Å². The maximum Gasteiger partial charge on any atom is 0.307 e. The van der Waals surface area contributed by atoms with Crippen molar-refractivity contribution in [3.8, 4) is 0 Å². The first-order valence-corrected chi connectivity index (χ1v) is 3.21. The first-order valence-electron chi connectivity index (χ1n) is 2.33. The van der Waals surface area contributed by atoms with E-state index in [0.29, 0.717) is 0 Å². The van der Waals surface area contributed by atoms with Gasteiger partial charge in [0.2, 0.25) is 0 Å². The molecule has 3 heteroatoms. The SMILES string of the molecule is Cc1csc(=O)n1C. The number of hydrogen-bond acceptors (Lipinski definition) is 2. The smallest absolute Gasteiger partial charge is 0.306 e. The molecule has 1 aromatic heterocycles. The third-order valence-corrected chi connectivity index (χ3v) is 2.07. The molecule has 0 fully saturated rings. The zero-order valence-corrected chi connectivity index (χ0v) is 5.66.